The second-order valence-electron chi connectivity index (χ2n) is 5.17. The number of piperidine rings is 1. The van der Waals surface area contributed by atoms with Gasteiger partial charge in [0.1, 0.15) is 0 Å². The van der Waals surface area contributed by atoms with Crippen molar-refractivity contribution in [3.8, 4) is 0 Å². The molecule has 1 aromatic rings. The van der Waals surface area contributed by atoms with Crippen LogP contribution in [0.4, 0.5) is 5.69 Å². The molecule has 2 rings (SSSR count). The zero-order chi connectivity index (χ0) is 14.0. The molecule has 4 nitrogen and oxygen atoms in total. The molecule has 0 saturated carbocycles. The molecule has 1 saturated heterocycles. The average molecular weight is 283 g/mol. The first-order chi connectivity index (χ1) is 8.99. The van der Waals surface area contributed by atoms with Crippen LogP contribution in [0.1, 0.15) is 23.2 Å². The molecule has 0 radical (unpaired) electrons. The van der Waals surface area contributed by atoms with Gasteiger partial charge in [-0.3, -0.25) is 0 Å². The van der Waals surface area contributed by atoms with Gasteiger partial charge in [0.25, 0.3) is 0 Å². The van der Waals surface area contributed by atoms with E-state index >= 15 is 0 Å². The van der Waals surface area contributed by atoms with Gasteiger partial charge >= 0.3 is 5.97 Å². The number of rotatable bonds is 3. The highest BCUT2D eigenvalue weighted by molar-refractivity contribution is 6.31. The first-order valence-electron chi connectivity index (χ1n) is 6.43. The first-order valence-corrected chi connectivity index (χ1v) is 6.81. The number of benzene rings is 1. The van der Waals surface area contributed by atoms with Crippen molar-refractivity contribution >= 4 is 23.3 Å². The maximum Gasteiger partial charge on any atom is 0.337 e. The molecular weight excluding hydrogens is 264 g/mol. The Labute approximate surface area is 118 Å². The van der Waals surface area contributed by atoms with Crippen molar-refractivity contribution in [2.45, 2.75) is 18.9 Å². The average Bonchev–Trinajstić information content (AvgIpc) is 2.38. The Morgan fingerprint density at radius 2 is 2.21 bits per heavy atom. The second-order valence-corrected chi connectivity index (χ2v) is 5.61. The van der Waals surface area contributed by atoms with Crippen molar-refractivity contribution in [3.05, 3.63) is 28.8 Å². The molecule has 0 amide bonds. The van der Waals surface area contributed by atoms with Gasteiger partial charge in [0.05, 0.1) is 11.3 Å². The summed E-state index contributed by atoms with van der Waals surface area (Å²) in [7, 11) is 4.12. The molecule has 1 atom stereocenters. The molecule has 0 aliphatic carbocycles. The van der Waals surface area contributed by atoms with Crippen LogP contribution in [-0.4, -0.2) is 49.2 Å². The fourth-order valence-electron chi connectivity index (χ4n) is 2.54. The van der Waals surface area contributed by atoms with E-state index in [0.717, 1.165) is 31.6 Å². The number of aromatic carboxylic acids is 1. The summed E-state index contributed by atoms with van der Waals surface area (Å²) in [6, 6.07) is 5.42. The minimum atomic E-state index is -0.904. The van der Waals surface area contributed by atoms with Crippen molar-refractivity contribution < 1.29 is 9.90 Å². The zero-order valence-electron chi connectivity index (χ0n) is 11.3. The molecule has 1 aromatic carbocycles. The molecule has 1 unspecified atom stereocenters. The number of hydrogen-bond donors (Lipinski definition) is 1. The highest BCUT2D eigenvalue weighted by Crippen LogP contribution is 2.28. The third kappa shape index (κ3) is 3.19. The molecule has 0 spiro atoms. The van der Waals surface area contributed by atoms with Crippen molar-refractivity contribution in [3.63, 3.8) is 0 Å². The first kappa shape index (κ1) is 14.2. The van der Waals surface area contributed by atoms with Crippen molar-refractivity contribution in [2.24, 2.45) is 0 Å². The smallest absolute Gasteiger partial charge is 0.337 e. The van der Waals surface area contributed by atoms with Gasteiger partial charge in [0.15, 0.2) is 0 Å². The Balaban J connectivity index is 2.30. The van der Waals surface area contributed by atoms with Gasteiger partial charge in [-0.1, -0.05) is 11.6 Å². The number of carboxylic acids is 1. The lowest BCUT2D eigenvalue weighted by Gasteiger charge is -2.38. The third-order valence-corrected chi connectivity index (χ3v) is 3.89. The minimum absolute atomic E-state index is 0.323. The van der Waals surface area contributed by atoms with Gasteiger partial charge in [-0.25, -0.2) is 4.79 Å². The second kappa shape index (κ2) is 5.80. The Morgan fingerprint density at radius 3 is 2.84 bits per heavy atom. The number of anilines is 1. The van der Waals surface area contributed by atoms with Gasteiger partial charge in [0.2, 0.25) is 0 Å². The van der Waals surface area contributed by atoms with Crippen LogP contribution in [-0.2, 0) is 0 Å². The molecule has 5 heteroatoms. The summed E-state index contributed by atoms with van der Waals surface area (Å²) in [5.41, 5.74) is 1.05. The van der Waals surface area contributed by atoms with E-state index < -0.39 is 5.97 Å². The fourth-order valence-corrected chi connectivity index (χ4v) is 2.71. The van der Waals surface area contributed by atoms with E-state index in [4.69, 9.17) is 11.6 Å². The highest BCUT2D eigenvalue weighted by atomic mass is 35.5. The number of carboxylic acid groups (broad SMARTS) is 1. The quantitative estimate of drug-likeness (QED) is 0.925. The molecule has 19 heavy (non-hydrogen) atoms. The lowest BCUT2D eigenvalue weighted by Crippen LogP contribution is -2.45. The van der Waals surface area contributed by atoms with Crippen molar-refractivity contribution in [2.75, 3.05) is 32.1 Å². The number of likely N-dealkylation sites (N-methyl/N-ethyl adjacent to an activating group) is 1. The lowest BCUT2D eigenvalue weighted by atomic mass is 10.0. The monoisotopic (exact) mass is 282 g/mol. The summed E-state index contributed by atoms with van der Waals surface area (Å²) < 4.78 is 0. The molecule has 104 valence electrons. The Hall–Kier alpha value is -1.26. The summed E-state index contributed by atoms with van der Waals surface area (Å²) in [5, 5.41) is 9.86. The third-order valence-electron chi connectivity index (χ3n) is 3.66. The van der Waals surface area contributed by atoms with E-state index in [1.807, 2.05) is 0 Å². The van der Waals surface area contributed by atoms with Crippen LogP contribution < -0.4 is 4.90 Å². The van der Waals surface area contributed by atoms with E-state index in [-0.39, 0.29) is 0 Å². The topological polar surface area (TPSA) is 43.8 Å². The number of hydrogen-bond acceptors (Lipinski definition) is 3. The number of carbonyl (C=O) groups is 1. The maximum absolute atomic E-state index is 11.3. The maximum atomic E-state index is 11.3. The standard InChI is InChI=1S/C14H19ClN2O2/c1-16(2)11-4-3-7-17(9-11)13-8-10(15)5-6-12(13)14(18)19/h5-6,8,11H,3-4,7,9H2,1-2H3,(H,18,19). The van der Waals surface area contributed by atoms with Crippen LogP contribution in [0.2, 0.25) is 5.02 Å². The SMILES string of the molecule is CN(C)C1CCCN(c2cc(Cl)ccc2C(=O)O)C1. The summed E-state index contributed by atoms with van der Waals surface area (Å²) in [5.74, 6) is -0.904. The van der Waals surface area contributed by atoms with Crippen molar-refractivity contribution in [1.29, 1.82) is 0 Å². The van der Waals surface area contributed by atoms with E-state index in [1.165, 1.54) is 0 Å². The molecule has 1 heterocycles. The van der Waals surface area contributed by atoms with Gasteiger partial charge in [-0.2, -0.15) is 0 Å². The highest BCUT2D eigenvalue weighted by Gasteiger charge is 2.24. The largest absolute Gasteiger partial charge is 0.478 e. The van der Waals surface area contributed by atoms with Crippen LogP contribution in [0.5, 0.6) is 0 Å². The Morgan fingerprint density at radius 1 is 1.47 bits per heavy atom. The number of halogens is 1. The van der Waals surface area contributed by atoms with E-state index in [1.54, 1.807) is 18.2 Å². The van der Waals surface area contributed by atoms with Crippen LogP contribution in [0, 0.1) is 0 Å². The molecule has 1 aliphatic rings. The van der Waals surface area contributed by atoms with E-state index in [9.17, 15) is 9.90 Å². The van der Waals surface area contributed by atoms with Gasteiger partial charge in [-0.05, 0) is 45.1 Å². The van der Waals surface area contributed by atoms with Crippen LogP contribution in [0.15, 0.2) is 18.2 Å². The fraction of sp³-hybridized carbons (Fsp3) is 0.500. The van der Waals surface area contributed by atoms with Crippen LogP contribution in [0.25, 0.3) is 0 Å². The Bertz CT molecular complexity index is 477. The van der Waals surface area contributed by atoms with E-state index in [0.29, 0.717) is 16.6 Å². The van der Waals surface area contributed by atoms with Crippen molar-refractivity contribution in [1.82, 2.24) is 4.90 Å². The van der Waals surface area contributed by atoms with Crippen LogP contribution in [0.3, 0.4) is 0 Å². The summed E-state index contributed by atoms with van der Waals surface area (Å²) in [6.07, 6.45) is 2.21. The summed E-state index contributed by atoms with van der Waals surface area (Å²) >= 11 is 6.01. The summed E-state index contributed by atoms with van der Waals surface area (Å²) in [4.78, 5) is 15.6. The molecule has 0 aromatic heterocycles. The lowest BCUT2D eigenvalue weighted by molar-refractivity contribution is 0.0697. The Kier molecular flexibility index (Phi) is 4.32. The molecular formula is C14H19ClN2O2. The predicted molar refractivity (Wildman–Crippen MR) is 77.3 cm³/mol. The zero-order valence-corrected chi connectivity index (χ0v) is 12.0. The molecule has 0 bridgehead atoms. The molecule has 1 N–H and O–H groups in total. The van der Waals surface area contributed by atoms with Gasteiger partial charge in [0, 0.05) is 24.2 Å². The number of nitrogens with zero attached hydrogens (tertiary/aromatic N) is 2. The van der Waals surface area contributed by atoms with E-state index in [2.05, 4.69) is 23.9 Å². The van der Waals surface area contributed by atoms with Gasteiger partial charge < -0.3 is 14.9 Å². The molecule has 1 fully saturated rings. The minimum Gasteiger partial charge on any atom is -0.478 e. The normalized spacial score (nSPS) is 19.8. The predicted octanol–water partition coefficient (Wildman–Crippen LogP) is 2.57. The molecule has 1 aliphatic heterocycles. The summed E-state index contributed by atoms with van der Waals surface area (Å²) in [6.45, 7) is 1.72. The van der Waals surface area contributed by atoms with Crippen LogP contribution >= 0.6 is 11.6 Å². The van der Waals surface area contributed by atoms with Gasteiger partial charge in [-0.15, -0.1) is 0 Å².